The fourth-order valence-electron chi connectivity index (χ4n) is 2.81. The van der Waals surface area contributed by atoms with Gasteiger partial charge in [-0.1, -0.05) is 17.4 Å². The maximum absolute atomic E-state index is 12.3. The van der Waals surface area contributed by atoms with Crippen LogP contribution in [0.1, 0.15) is 28.7 Å². The number of aromatic nitrogens is 2. The van der Waals surface area contributed by atoms with Crippen molar-refractivity contribution in [2.75, 3.05) is 19.0 Å². The van der Waals surface area contributed by atoms with Crippen LogP contribution in [-0.4, -0.2) is 35.1 Å². The fourth-order valence-corrected chi connectivity index (χ4v) is 3.68. The van der Waals surface area contributed by atoms with Gasteiger partial charge in [0.2, 0.25) is 5.91 Å². The highest BCUT2D eigenvalue weighted by atomic mass is 32.1. The maximum atomic E-state index is 12.3. The average Bonchev–Trinajstić information content (AvgIpc) is 3.23. The Balaban J connectivity index is 1.64. The first-order valence-electron chi connectivity index (χ1n) is 8.59. The number of hydrogen-bond donors (Lipinski definition) is 1. The van der Waals surface area contributed by atoms with Crippen molar-refractivity contribution in [2.45, 2.75) is 26.8 Å². The van der Waals surface area contributed by atoms with Crippen molar-refractivity contribution in [1.29, 1.82) is 0 Å². The van der Waals surface area contributed by atoms with Crippen LogP contribution in [0.15, 0.2) is 30.5 Å². The Morgan fingerprint density at radius 2 is 2.11 bits per heavy atom. The van der Waals surface area contributed by atoms with Gasteiger partial charge in [0, 0.05) is 24.5 Å². The van der Waals surface area contributed by atoms with Crippen LogP contribution in [0.3, 0.4) is 0 Å². The second-order valence-electron chi connectivity index (χ2n) is 5.85. The summed E-state index contributed by atoms with van der Waals surface area (Å²) in [6.45, 7) is 4.29. The van der Waals surface area contributed by atoms with Gasteiger partial charge in [-0.05, 0) is 32.0 Å². The molecule has 0 bridgehead atoms. The smallest absolute Gasteiger partial charge is 0.350 e. The minimum atomic E-state index is -0.416. The molecule has 1 N–H and O–H groups in total. The highest BCUT2D eigenvalue weighted by Gasteiger charge is 2.17. The molecule has 1 aromatic carbocycles. The van der Waals surface area contributed by atoms with E-state index in [1.165, 1.54) is 0 Å². The number of amides is 1. The molecule has 0 aliphatic carbocycles. The normalized spacial score (nSPS) is 10.8. The van der Waals surface area contributed by atoms with Crippen LogP contribution < -0.4 is 10.1 Å². The van der Waals surface area contributed by atoms with Gasteiger partial charge < -0.3 is 19.4 Å². The van der Waals surface area contributed by atoms with E-state index in [0.717, 1.165) is 28.0 Å². The molecule has 2 heterocycles. The second kappa shape index (κ2) is 8.22. The molecule has 27 heavy (non-hydrogen) atoms. The average molecular weight is 387 g/mol. The molecule has 0 fully saturated rings. The summed E-state index contributed by atoms with van der Waals surface area (Å²) in [4.78, 5) is 28.8. The molecule has 0 saturated carbocycles. The van der Waals surface area contributed by atoms with Gasteiger partial charge in [0.1, 0.15) is 10.6 Å². The number of carbonyl (C=O) groups excluding carboxylic acids is 2. The Morgan fingerprint density at radius 1 is 1.30 bits per heavy atom. The quantitative estimate of drug-likeness (QED) is 0.626. The van der Waals surface area contributed by atoms with E-state index in [4.69, 9.17) is 9.47 Å². The number of hydrogen-bond acceptors (Lipinski definition) is 6. The number of anilines is 1. The predicted octanol–water partition coefficient (Wildman–Crippen LogP) is 3.62. The fraction of sp³-hybridized carbons (Fsp3) is 0.316. The van der Waals surface area contributed by atoms with Crippen molar-refractivity contribution in [1.82, 2.24) is 9.55 Å². The van der Waals surface area contributed by atoms with Crippen molar-refractivity contribution in [3.05, 3.63) is 41.0 Å². The molecule has 0 radical (unpaired) electrons. The summed E-state index contributed by atoms with van der Waals surface area (Å²) in [7, 11) is 1.64. The van der Waals surface area contributed by atoms with Gasteiger partial charge in [0.15, 0.2) is 5.13 Å². The van der Waals surface area contributed by atoms with Crippen LogP contribution in [0.5, 0.6) is 5.75 Å². The van der Waals surface area contributed by atoms with E-state index in [1.54, 1.807) is 21.0 Å². The van der Waals surface area contributed by atoms with E-state index in [2.05, 4.69) is 10.3 Å². The van der Waals surface area contributed by atoms with E-state index in [0.29, 0.717) is 28.9 Å². The molecule has 0 saturated heterocycles. The largest absolute Gasteiger partial charge is 0.496 e. The zero-order chi connectivity index (χ0) is 19.4. The molecule has 0 aliphatic rings. The second-order valence-corrected chi connectivity index (χ2v) is 6.85. The number of nitrogens with one attached hydrogen (secondary N) is 1. The number of thiazole rings is 1. The molecular weight excluding hydrogens is 366 g/mol. The highest BCUT2D eigenvalue weighted by molar-refractivity contribution is 7.17. The van der Waals surface area contributed by atoms with Gasteiger partial charge in [-0.3, -0.25) is 4.79 Å². The first-order chi connectivity index (χ1) is 13.0. The number of methoxy groups -OCH3 is 1. The van der Waals surface area contributed by atoms with Crippen LogP contribution >= 0.6 is 11.3 Å². The molecule has 3 aromatic rings. The maximum Gasteiger partial charge on any atom is 0.350 e. The van der Waals surface area contributed by atoms with E-state index in [1.807, 2.05) is 35.0 Å². The number of carbonyl (C=O) groups is 2. The lowest BCUT2D eigenvalue weighted by Gasteiger charge is -2.07. The van der Waals surface area contributed by atoms with Gasteiger partial charge >= 0.3 is 5.97 Å². The van der Waals surface area contributed by atoms with Gasteiger partial charge in [-0.2, -0.15) is 0 Å². The molecular formula is C19H21N3O4S. The molecule has 0 spiro atoms. The lowest BCUT2D eigenvalue weighted by molar-refractivity contribution is -0.116. The zero-order valence-electron chi connectivity index (χ0n) is 15.4. The van der Waals surface area contributed by atoms with E-state index in [9.17, 15) is 9.59 Å². The predicted molar refractivity (Wildman–Crippen MR) is 105 cm³/mol. The first-order valence-corrected chi connectivity index (χ1v) is 9.41. The van der Waals surface area contributed by atoms with Gasteiger partial charge in [-0.15, -0.1) is 0 Å². The lowest BCUT2D eigenvalue weighted by Crippen LogP contribution is -2.14. The molecule has 7 nitrogen and oxygen atoms in total. The lowest BCUT2D eigenvalue weighted by atomic mass is 10.2. The van der Waals surface area contributed by atoms with E-state index in [-0.39, 0.29) is 12.3 Å². The van der Waals surface area contributed by atoms with Gasteiger partial charge in [0.25, 0.3) is 0 Å². The molecule has 0 atom stereocenters. The van der Waals surface area contributed by atoms with Crippen LogP contribution in [0.2, 0.25) is 0 Å². The van der Waals surface area contributed by atoms with Gasteiger partial charge in [-0.25, -0.2) is 9.78 Å². The Labute approximate surface area is 160 Å². The molecule has 2 aromatic heterocycles. The number of nitrogens with zero attached hydrogens (tertiary/aromatic N) is 2. The van der Waals surface area contributed by atoms with Crippen molar-refractivity contribution in [2.24, 2.45) is 0 Å². The molecule has 8 heteroatoms. The number of esters is 1. The number of fused-ring (bicyclic) bond motifs is 1. The van der Waals surface area contributed by atoms with E-state index < -0.39 is 5.97 Å². The molecule has 1 amide bonds. The Bertz CT molecular complexity index is 977. The van der Waals surface area contributed by atoms with Crippen molar-refractivity contribution >= 4 is 39.2 Å². The van der Waals surface area contributed by atoms with E-state index >= 15 is 0 Å². The third-order valence-corrected chi connectivity index (χ3v) is 5.13. The molecule has 3 rings (SSSR count). The third kappa shape index (κ3) is 4.11. The summed E-state index contributed by atoms with van der Waals surface area (Å²) in [5.41, 5.74) is 1.56. The minimum absolute atomic E-state index is 0.163. The number of benzene rings is 1. The Hall–Kier alpha value is -2.87. The van der Waals surface area contributed by atoms with Crippen LogP contribution in [0.4, 0.5) is 5.13 Å². The number of aryl methyl sites for hydroxylation is 2. The topological polar surface area (TPSA) is 82.5 Å². The summed E-state index contributed by atoms with van der Waals surface area (Å²) in [5.74, 6) is 0.227. The third-order valence-electron chi connectivity index (χ3n) is 4.08. The standard InChI is InChI=1S/C19H21N3O4S/c1-4-26-18(24)17-12(2)20-19(27-17)21-16(23)9-11-22-10-8-13-14(22)6-5-7-15(13)25-3/h5-8,10H,4,9,11H2,1-3H3,(H,20,21,23). The Kier molecular flexibility index (Phi) is 5.75. The van der Waals surface area contributed by atoms with Crippen LogP contribution in [0.25, 0.3) is 10.9 Å². The highest BCUT2D eigenvalue weighted by Crippen LogP contribution is 2.27. The van der Waals surface area contributed by atoms with Crippen molar-refractivity contribution < 1.29 is 19.1 Å². The summed E-state index contributed by atoms with van der Waals surface area (Å²) in [6.07, 6.45) is 2.22. The monoisotopic (exact) mass is 387 g/mol. The number of rotatable bonds is 7. The van der Waals surface area contributed by atoms with Gasteiger partial charge in [0.05, 0.1) is 24.9 Å². The summed E-state index contributed by atoms with van der Waals surface area (Å²) < 4.78 is 12.4. The van der Waals surface area contributed by atoms with Crippen molar-refractivity contribution in [3.63, 3.8) is 0 Å². The minimum Gasteiger partial charge on any atom is -0.496 e. The van der Waals surface area contributed by atoms with Crippen LogP contribution in [-0.2, 0) is 16.1 Å². The van der Waals surface area contributed by atoms with Crippen molar-refractivity contribution in [3.8, 4) is 5.75 Å². The SMILES string of the molecule is CCOC(=O)c1sc(NC(=O)CCn2ccc3c(OC)cccc32)nc1C. The molecule has 0 unspecified atom stereocenters. The summed E-state index contributed by atoms with van der Waals surface area (Å²) in [5, 5.41) is 4.17. The zero-order valence-corrected chi connectivity index (χ0v) is 16.3. The first kappa shape index (κ1) is 18.9. The Morgan fingerprint density at radius 3 is 2.85 bits per heavy atom. The molecule has 142 valence electrons. The summed E-state index contributed by atoms with van der Waals surface area (Å²) >= 11 is 1.13. The number of ether oxygens (including phenoxy) is 2. The molecule has 0 aliphatic heterocycles. The van der Waals surface area contributed by atoms with Crippen LogP contribution in [0, 0.1) is 6.92 Å². The summed E-state index contributed by atoms with van der Waals surface area (Å²) in [6, 6.07) is 7.80.